The zero-order valence-corrected chi connectivity index (χ0v) is 11.3. The first kappa shape index (κ1) is 14.9. The lowest BCUT2D eigenvalue weighted by atomic mass is 10.1. The van der Waals surface area contributed by atoms with Gasteiger partial charge in [0, 0.05) is 5.56 Å². The molecular weight excluding hydrogens is 278 g/mol. The van der Waals surface area contributed by atoms with Crippen LogP contribution in [0.3, 0.4) is 0 Å². The molecule has 3 N–H and O–H groups in total. The van der Waals surface area contributed by atoms with Gasteiger partial charge in [-0.1, -0.05) is 17.3 Å². The lowest BCUT2D eigenvalue weighted by Gasteiger charge is -2.12. The Bertz CT molecular complexity index is 640. The van der Waals surface area contributed by atoms with Gasteiger partial charge in [-0.3, -0.25) is 0 Å². The minimum atomic E-state index is -1.24. The number of ether oxygens (including phenoxy) is 1. The van der Waals surface area contributed by atoms with Crippen molar-refractivity contribution in [3.8, 4) is 17.0 Å². The summed E-state index contributed by atoms with van der Waals surface area (Å²) in [7, 11) is 1.47. The maximum atomic E-state index is 11.3. The fourth-order valence-corrected chi connectivity index (χ4v) is 1.95. The number of hydrogen-bond acceptors (Lipinski definition) is 6. The molecule has 0 saturated heterocycles. The van der Waals surface area contributed by atoms with E-state index >= 15 is 0 Å². The standard InChI is InChI=1S/C13H15N3O5/c1-21-10-5-3-2-4-9(10)12-11(13(19)20)14-15-16(12)6-8(18)7-17/h2-5,8,17-18H,6-7H2,1H3,(H,19,20). The molecule has 1 aromatic carbocycles. The van der Waals surface area contributed by atoms with Crippen LogP contribution in [0.15, 0.2) is 24.3 Å². The molecule has 0 saturated carbocycles. The second kappa shape index (κ2) is 6.33. The number of nitrogens with zero attached hydrogens (tertiary/aromatic N) is 3. The Hall–Kier alpha value is -2.45. The molecule has 1 unspecified atom stereocenters. The van der Waals surface area contributed by atoms with E-state index in [1.54, 1.807) is 24.3 Å². The molecule has 1 atom stereocenters. The second-order valence-corrected chi connectivity index (χ2v) is 4.31. The highest BCUT2D eigenvalue weighted by Crippen LogP contribution is 2.31. The third-order valence-electron chi connectivity index (χ3n) is 2.89. The molecule has 0 bridgehead atoms. The van der Waals surface area contributed by atoms with Crippen LogP contribution < -0.4 is 4.74 Å². The number of para-hydroxylation sites is 1. The fraction of sp³-hybridized carbons (Fsp3) is 0.308. The maximum Gasteiger partial charge on any atom is 0.358 e. The summed E-state index contributed by atoms with van der Waals surface area (Å²) in [5, 5.41) is 35.0. The molecule has 21 heavy (non-hydrogen) atoms. The number of carboxylic acid groups (broad SMARTS) is 1. The summed E-state index contributed by atoms with van der Waals surface area (Å²) in [6.45, 7) is -0.544. The van der Waals surface area contributed by atoms with Crippen LogP contribution in [0.2, 0.25) is 0 Å². The first-order valence-electron chi connectivity index (χ1n) is 6.17. The first-order chi connectivity index (χ1) is 10.1. The van der Waals surface area contributed by atoms with Crippen LogP contribution in [-0.4, -0.2) is 56.1 Å². The minimum Gasteiger partial charge on any atom is -0.496 e. The summed E-state index contributed by atoms with van der Waals surface area (Å²) < 4.78 is 6.45. The Morgan fingerprint density at radius 1 is 1.43 bits per heavy atom. The highest BCUT2D eigenvalue weighted by molar-refractivity contribution is 5.93. The van der Waals surface area contributed by atoms with E-state index in [0.29, 0.717) is 11.3 Å². The van der Waals surface area contributed by atoms with E-state index in [4.69, 9.17) is 9.84 Å². The summed E-state index contributed by atoms with van der Waals surface area (Å²) in [4.78, 5) is 11.3. The van der Waals surface area contributed by atoms with Crippen LogP contribution in [0.1, 0.15) is 10.5 Å². The van der Waals surface area contributed by atoms with Gasteiger partial charge in [0.25, 0.3) is 0 Å². The SMILES string of the molecule is COc1ccccc1-c1c(C(=O)O)nnn1CC(O)CO. The Morgan fingerprint density at radius 3 is 2.76 bits per heavy atom. The van der Waals surface area contributed by atoms with Gasteiger partial charge in [-0.25, -0.2) is 9.48 Å². The van der Waals surface area contributed by atoms with Crippen LogP contribution in [0.4, 0.5) is 0 Å². The predicted molar refractivity (Wildman–Crippen MR) is 72.1 cm³/mol. The Morgan fingerprint density at radius 2 is 2.14 bits per heavy atom. The van der Waals surface area contributed by atoms with Crippen LogP contribution in [0.25, 0.3) is 11.3 Å². The van der Waals surface area contributed by atoms with Gasteiger partial charge in [-0.2, -0.15) is 0 Å². The highest BCUT2D eigenvalue weighted by Gasteiger charge is 2.24. The highest BCUT2D eigenvalue weighted by atomic mass is 16.5. The van der Waals surface area contributed by atoms with E-state index in [0.717, 1.165) is 0 Å². The molecule has 0 spiro atoms. The van der Waals surface area contributed by atoms with E-state index in [9.17, 15) is 15.0 Å². The normalized spacial score (nSPS) is 12.1. The molecule has 1 aromatic heterocycles. The molecular formula is C13H15N3O5. The van der Waals surface area contributed by atoms with E-state index in [2.05, 4.69) is 10.3 Å². The maximum absolute atomic E-state index is 11.3. The molecule has 0 aliphatic carbocycles. The van der Waals surface area contributed by atoms with E-state index < -0.39 is 18.7 Å². The monoisotopic (exact) mass is 293 g/mol. The van der Waals surface area contributed by atoms with Gasteiger partial charge in [0.1, 0.15) is 11.4 Å². The van der Waals surface area contributed by atoms with E-state index in [1.807, 2.05) is 0 Å². The van der Waals surface area contributed by atoms with Crippen molar-refractivity contribution >= 4 is 5.97 Å². The summed E-state index contributed by atoms with van der Waals surface area (Å²) in [6.07, 6.45) is -1.07. The molecule has 8 nitrogen and oxygen atoms in total. The summed E-state index contributed by atoms with van der Waals surface area (Å²) >= 11 is 0. The number of aromatic carboxylic acids is 1. The van der Waals surface area contributed by atoms with Crippen LogP contribution in [-0.2, 0) is 6.54 Å². The van der Waals surface area contributed by atoms with Crippen LogP contribution in [0.5, 0.6) is 5.75 Å². The molecule has 0 radical (unpaired) electrons. The Kier molecular flexibility index (Phi) is 4.51. The molecule has 8 heteroatoms. The number of methoxy groups -OCH3 is 1. The Balaban J connectivity index is 2.58. The third-order valence-corrected chi connectivity index (χ3v) is 2.89. The van der Waals surface area contributed by atoms with Crippen molar-refractivity contribution in [3.63, 3.8) is 0 Å². The number of benzene rings is 1. The topological polar surface area (TPSA) is 118 Å². The van der Waals surface area contributed by atoms with Gasteiger partial charge in [-0.05, 0) is 12.1 Å². The van der Waals surface area contributed by atoms with E-state index in [1.165, 1.54) is 11.8 Å². The molecule has 0 fully saturated rings. The number of carbonyl (C=O) groups is 1. The number of carboxylic acids is 1. The van der Waals surface area contributed by atoms with Crippen LogP contribution in [0, 0.1) is 0 Å². The van der Waals surface area contributed by atoms with Crippen molar-refractivity contribution in [2.24, 2.45) is 0 Å². The van der Waals surface area contributed by atoms with Crippen molar-refractivity contribution in [2.45, 2.75) is 12.6 Å². The number of aliphatic hydroxyl groups is 2. The largest absolute Gasteiger partial charge is 0.496 e. The van der Waals surface area contributed by atoms with Gasteiger partial charge in [0.05, 0.1) is 26.4 Å². The molecule has 2 rings (SSSR count). The van der Waals surface area contributed by atoms with Crippen molar-refractivity contribution in [3.05, 3.63) is 30.0 Å². The summed E-state index contributed by atoms with van der Waals surface area (Å²) in [5.74, 6) is -0.775. The average Bonchev–Trinajstić information content (AvgIpc) is 2.90. The zero-order valence-electron chi connectivity index (χ0n) is 11.3. The molecule has 0 aliphatic heterocycles. The fourth-order valence-electron chi connectivity index (χ4n) is 1.95. The van der Waals surface area contributed by atoms with Gasteiger partial charge in [-0.15, -0.1) is 5.10 Å². The zero-order chi connectivity index (χ0) is 15.4. The predicted octanol–water partition coefficient (Wildman–Crippen LogP) is 0.00510. The number of aliphatic hydroxyl groups excluding tert-OH is 2. The van der Waals surface area contributed by atoms with Crippen LogP contribution >= 0.6 is 0 Å². The quantitative estimate of drug-likeness (QED) is 0.686. The number of hydrogen-bond donors (Lipinski definition) is 3. The van der Waals surface area contributed by atoms with Gasteiger partial charge < -0.3 is 20.1 Å². The van der Waals surface area contributed by atoms with E-state index in [-0.39, 0.29) is 17.9 Å². The van der Waals surface area contributed by atoms with Crippen molar-refractivity contribution in [2.75, 3.05) is 13.7 Å². The third kappa shape index (κ3) is 3.01. The number of rotatable bonds is 6. The molecule has 112 valence electrons. The van der Waals surface area contributed by atoms with Gasteiger partial charge in [0.15, 0.2) is 5.69 Å². The second-order valence-electron chi connectivity index (χ2n) is 4.31. The van der Waals surface area contributed by atoms with Crippen molar-refractivity contribution in [1.29, 1.82) is 0 Å². The van der Waals surface area contributed by atoms with Crippen molar-refractivity contribution in [1.82, 2.24) is 15.0 Å². The lowest BCUT2D eigenvalue weighted by Crippen LogP contribution is -2.21. The summed E-state index contributed by atoms with van der Waals surface area (Å²) in [5.41, 5.74) is 0.463. The molecule has 1 heterocycles. The minimum absolute atomic E-state index is 0.0792. The Labute approximate surface area is 120 Å². The first-order valence-corrected chi connectivity index (χ1v) is 6.17. The van der Waals surface area contributed by atoms with Crippen molar-refractivity contribution < 1.29 is 24.9 Å². The van der Waals surface area contributed by atoms with Gasteiger partial charge >= 0.3 is 5.97 Å². The summed E-state index contributed by atoms with van der Waals surface area (Å²) in [6, 6.07) is 6.83. The molecule has 2 aromatic rings. The average molecular weight is 293 g/mol. The number of aromatic nitrogens is 3. The smallest absolute Gasteiger partial charge is 0.358 e. The lowest BCUT2D eigenvalue weighted by molar-refractivity contribution is 0.0690. The molecule has 0 aliphatic rings. The molecule has 0 amide bonds. The van der Waals surface area contributed by atoms with Gasteiger partial charge in [0.2, 0.25) is 0 Å².